The van der Waals surface area contributed by atoms with Crippen molar-refractivity contribution in [2.45, 2.75) is 102 Å². The van der Waals surface area contributed by atoms with Crippen LogP contribution >= 0.6 is 0 Å². The molecule has 1 aliphatic carbocycles. The fraction of sp³-hybridized carbons (Fsp3) is 0.800. The van der Waals surface area contributed by atoms with Gasteiger partial charge in [-0.15, -0.1) is 0 Å². The molecule has 4 rings (SSSR count). The zero-order valence-corrected chi connectivity index (χ0v) is 15.3. The number of hydrogen-bond acceptors (Lipinski definition) is 4. The van der Waals surface area contributed by atoms with Gasteiger partial charge in [-0.05, 0) is 66.2 Å². The minimum Gasteiger partial charge on any atom is -0.366 e. The van der Waals surface area contributed by atoms with Crippen LogP contribution in [-0.4, -0.2) is 40.4 Å². The summed E-state index contributed by atoms with van der Waals surface area (Å²) in [6.45, 7) is 8.56. The first-order valence-corrected chi connectivity index (χ1v) is 9.34. The molecule has 4 nitrogen and oxygen atoms in total. The molecule has 6 atom stereocenters. The average molecular weight is 334 g/mol. The van der Waals surface area contributed by atoms with Crippen molar-refractivity contribution >= 4 is 0 Å². The third-order valence-electron chi connectivity index (χ3n) is 6.70. The Kier molecular flexibility index (Phi) is 3.78. The molecular formula is C20H30O4. The maximum Gasteiger partial charge on any atom is 0.187 e. The Morgan fingerprint density at radius 3 is 2.67 bits per heavy atom. The minimum atomic E-state index is -0.832. The van der Waals surface area contributed by atoms with Gasteiger partial charge in [0.2, 0.25) is 0 Å². The van der Waals surface area contributed by atoms with Crippen LogP contribution in [0.3, 0.4) is 0 Å². The van der Waals surface area contributed by atoms with Gasteiger partial charge in [0.25, 0.3) is 0 Å². The summed E-state index contributed by atoms with van der Waals surface area (Å²) >= 11 is 0. The summed E-state index contributed by atoms with van der Waals surface area (Å²) in [5.74, 6) is 0. The van der Waals surface area contributed by atoms with Crippen LogP contribution in [0, 0.1) is 0 Å². The highest BCUT2D eigenvalue weighted by molar-refractivity contribution is 5.29. The predicted octanol–water partition coefficient (Wildman–Crippen LogP) is 3.64. The van der Waals surface area contributed by atoms with E-state index in [1.807, 2.05) is 6.92 Å². The average Bonchev–Trinajstić information content (AvgIpc) is 3.34. The molecule has 3 aliphatic heterocycles. The molecule has 0 amide bonds. The van der Waals surface area contributed by atoms with Crippen LogP contribution in [0.25, 0.3) is 0 Å². The number of aliphatic hydroxyl groups is 1. The molecular weight excluding hydrogens is 304 g/mol. The molecule has 3 heterocycles. The van der Waals surface area contributed by atoms with Crippen molar-refractivity contribution in [1.29, 1.82) is 0 Å². The second-order valence-corrected chi connectivity index (χ2v) is 8.57. The van der Waals surface area contributed by atoms with E-state index >= 15 is 0 Å². The SMILES string of the molecule is CC1=CCC[C@@]2(C)O[C@H]2CC/C(C)=C/[C@@H]2O[C@@H](O)[C@@]3(C)O[C@@]23CC1. The second kappa shape index (κ2) is 5.41. The molecule has 0 aromatic heterocycles. The van der Waals surface area contributed by atoms with Gasteiger partial charge in [0.1, 0.15) is 17.3 Å². The van der Waals surface area contributed by atoms with Crippen molar-refractivity contribution in [3.8, 4) is 0 Å². The second-order valence-electron chi connectivity index (χ2n) is 8.57. The molecule has 0 bridgehead atoms. The monoisotopic (exact) mass is 334 g/mol. The van der Waals surface area contributed by atoms with Crippen molar-refractivity contribution in [3.63, 3.8) is 0 Å². The van der Waals surface area contributed by atoms with Gasteiger partial charge >= 0.3 is 0 Å². The van der Waals surface area contributed by atoms with E-state index in [1.54, 1.807) is 0 Å². The van der Waals surface area contributed by atoms with E-state index in [4.69, 9.17) is 14.2 Å². The van der Waals surface area contributed by atoms with Gasteiger partial charge in [0.05, 0.1) is 11.7 Å². The maximum atomic E-state index is 10.3. The highest BCUT2D eigenvalue weighted by atomic mass is 16.7. The lowest BCUT2D eigenvalue weighted by atomic mass is 9.84. The quantitative estimate of drug-likeness (QED) is 0.543. The lowest BCUT2D eigenvalue weighted by Crippen LogP contribution is -2.30. The van der Waals surface area contributed by atoms with Crippen LogP contribution in [0.1, 0.15) is 66.2 Å². The maximum absolute atomic E-state index is 10.3. The van der Waals surface area contributed by atoms with Crippen molar-refractivity contribution in [3.05, 3.63) is 23.3 Å². The molecule has 3 saturated heterocycles. The molecule has 0 aromatic carbocycles. The van der Waals surface area contributed by atoms with Gasteiger partial charge in [-0.25, -0.2) is 0 Å². The summed E-state index contributed by atoms with van der Waals surface area (Å²) in [7, 11) is 0. The van der Waals surface area contributed by atoms with E-state index < -0.39 is 11.9 Å². The first-order valence-electron chi connectivity index (χ1n) is 9.34. The lowest BCUT2D eigenvalue weighted by Gasteiger charge is -2.19. The first-order chi connectivity index (χ1) is 11.3. The molecule has 0 saturated carbocycles. The molecule has 0 radical (unpaired) electrons. The Balaban J connectivity index is 1.57. The normalized spacial score (nSPS) is 53.6. The first kappa shape index (κ1) is 16.8. The number of hydrogen-bond donors (Lipinski definition) is 1. The van der Waals surface area contributed by atoms with Crippen molar-refractivity contribution < 1.29 is 19.3 Å². The Labute approximate surface area is 144 Å². The Morgan fingerprint density at radius 2 is 1.92 bits per heavy atom. The smallest absolute Gasteiger partial charge is 0.187 e. The van der Waals surface area contributed by atoms with E-state index in [9.17, 15) is 5.11 Å². The number of aliphatic hydroxyl groups excluding tert-OH is 1. The largest absolute Gasteiger partial charge is 0.366 e. The van der Waals surface area contributed by atoms with Gasteiger partial charge < -0.3 is 19.3 Å². The molecule has 0 aromatic rings. The fourth-order valence-corrected chi connectivity index (χ4v) is 4.61. The van der Waals surface area contributed by atoms with Gasteiger partial charge in [0, 0.05) is 0 Å². The van der Waals surface area contributed by atoms with Crippen molar-refractivity contribution in [1.82, 2.24) is 0 Å². The zero-order valence-electron chi connectivity index (χ0n) is 15.3. The van der Waals surface area contributed by atoms with Crippen LogP contribution in [-0.2, 0) is 14.2 Å². The number of epoxide rings is 2. The summed E-state index contributed by atoms with van der Waals surface area (Å²) in [6, 6.07) is 0. The molecule has 1 spiro atoms. The van der Waals surface area contributed by atoms with Gasteiger partial charge in [-0.3, -0.25) is 0 Å². The van der Waals surface area contributed by atoms with E-state index in [0.29, 0.717) is 6.10 Å². The van der Waals surface area contributed by atoms with Crippen LogP contribution in [0.5, 0.6) is 0 Å². The molecule has 3 fully saturated rings. The molecule has 0 unspecified atom stereocenters. The molecule has 24 heavy (non-hydrogen) atoms. The number of fused-ring (bicyclic) bond motifs is 1. The summed E-state index contributed by atoms with van der Waals surface area (Å²) in [5, 5.41) is 10.3. The summed E-state index contributed by atoms with van der Waals surface area (Å²) in [6.07, 6.45) is 10.0. The van der Waals surface area contributed by atoms with Crippen molar-refractivity contribution in [2.24, 2.45) is 0 Å². The Bertz CT molecular complexity index is 596. The van der Waals surface area contributed by atoms with Gasteiger partial charge in [0.15, 0.2) is 6.29 Å². The topological polar surface area (TPSA) is 54.5 Å². The van der Waals surface area contributed by atoms with E-state index in [0.717, 1.165) is 38.5 Å². The number of rotatable bonds is 0. The highest BCUT2D eigenvalue weighted by Crippen LogP contribution is 2.62. The fourth-order valence-electron chi connectivity index (χ4n) is 4.61. The van der Waals surface area contributed by atoms with Gasteiger partial charge in [-0.2, -0.15) is 0 Å². The Hall–Kier alpha value is -0.680. The van der Waals surface area contributed by atoms with E-state index in [1.165, 1.54) is 11.1 Å². The third-order valence-corrected chi connectivity index (χ3v) is 6.70. The third kappa shape index (κ3) is 2.50. The van der Waals surface area contributed by atoms with Crippen LogP contribution < -0.4 is 0 Å². The molecule has 4 aliphatic rings. The highest BCUT2D eigenvalue weighted by Gasteiger charge is 2.79. The van der Waals surface area contributed by atoms with E-state index in [2.05, 4.69) is 32.9 Å². The lowest BCUT2D eigenvalue weighted by molar-refractivity contribution is -0.154. The molecule has 134 valence electrons. The number of ether oxygens (including phenoxy) is 3. The van der Waals surface area contributed by atoms with Crippen LogP contribution in [0.15, 0.2) is 23.3 Å². The van der Waals surface area contributed by atoms with E-state index in [-0.39, 0.29) is 17.3 Å². The summed E-state index contributed by atoms with van der Waals surface area (Å²) in [5.41, 5.74) is 1.84. The molecule has 1 N–H and O–H groups in total. The predicted molar refractivity (Wildman–Crippen MR) is 91.6 cm³/mol. The summed E-state index contributed by atoms with van der Waals surface area (Å²) in [4.78, 5) is 0. The van der Waals surface area contributed by atoms with Crippen LogP contribution in [0.4, 0.5) is 0 Å². The van der Waals surface area contributed by atoms with Crippen LogP contribution in [0.2, 0.25) is 0 Å². The Morgan fingerprint density at radius 1 is 1.12 bits per heavy atom. The molecule has 4 heteroatoms. The minimum absolute atomic E-state index is 0.0701. The zero-order chi connectivity index (χ0) is 17.2. The standard InChI is InChI=1S/C20H30O4/c1-13-6-5-10-18(3)15(23-18)8-7-14(2)12-16-20(11-9-13)19(4,24-20)17(21)22-16/h6,12,15-17,21H,5,7-11H2,1-4H3/b13-6?,14-12+/t15-,16-,17+,18+,19+,20-/m0/s1. The van der Waals surface area contributed by atoms with Gasteiger partial charge in [-0.1, -0.05) is 23.3 Å². The number of allylic oxidation sites excluding steroid dienone is 3. The summed E-state index contributed by atoms with van der Waals surface area (Å²) < 4.78 is 17.9. The van der Waals surface area contributed by atoms with Crippen molar-refractivity contribution in [2.75, 3.05) is 0 Å².